The molecule has 0 unspecified atom stereocenters. The summed E-state index contributed by atoms with van der Waals surface area (Å²) in [6, 6.07) is 10.4. The standard InChI is InChI=1S/C15H14N4O2/c1-18(9-6-12-4-7-17-8-5-12)14-3-2-13(11-16)15(10-14)19(20)21/h2-5,7-8,10H,6,9H2,1H3. The smallest absolute Gasteiger partial charge is 0.289 e. The summed E-state index contributed by atoms with van der Waals surface area (Å²) >= 11 is 0. The highest BCUT2D eigenvalue weighted by atomic mass is 16.6. The summed E-state index contributed by atoms with van der Waals surface area (Å²) in [4.78, 5) is 16.3. The van der Waals surface area contributed by atoms with Gasteiger partial charge in [0.15, 0.2) is 0 Å². The molecule has 0 aliphatic rings. The van der Waals surface area contributed by atoms with Crippen LogP contribution in [0.5, 0.6) is 0 Å². The van der Waals surface area contributed by atoms with Crippen LogP contribution in [0.2, 0.25) is 0 Å². The van der Waals surface area contributed by atoms with Crippen molar-refractivity contribution in [2.45, 2.75) is 6.42 Å². The van der Waals surface area contributed by atoms with E-state index in [1.807, 2.05) is 30.1 Å². The maximum atomic E-state index is 11.0. The maximum Gasteiger partial charge on any atom is 0.289 e. The van der Waals surface area contributed by atoms with Gasteiger partial charge in [-0.2, -0.15) is 5.26 Å². The van der Waals surface area contributed by atoms with Gasteiger partial charge in [-0.3, -0.25) is 15.1 Å². The lowest BCUT2D eigenvalue weighted by Crippen LogP contribution is -2.20. The number of likely N-dealkylation sites (N-methyl/N-ethyl adjacent to an activating group) is 1. The molecular formula is C15H14N4O2. The van der Waals surface area contributed by atoms with Crippen molar-refractivity contribution in [2.75, 3.05) is 18.5 Å². The van der Waals surface area contributed by atoms with E-state index in [1.54, 1.807) is 18.5 Å². The highest BCUT2D eigenvalue weighted by molar-refractivity contribution is 5.60. The summed E-state index contributed by atoms with van der Waals surface area (Å²) < 4.78 is 0. The van der Waals surface area contributed by atoms with Crippen LogP contribution in [-0.4, -0.2) is 23.5 Å². The number of hydrogen-bond donors (Lipinski definition) is 0. The molecule has 0 atom stereocenters. The minimum atomic E-state index is -0.529. The summed E-state index contributed by atoms with van der Waals surface area (Å²) in [5.41, 5.74) is 1.78. The SMILES string of the molecule is CN(CCc1ccncc1)c1ccc(C#N)c([N+](=O)[O-])c1. The first-order chi connectivity index (χ1) is 10.1. The Morgan fingerprint density at radius 3 is 2.67 bits per heavy atom. The average molecular weight is 282 g/mol. The Morgan fingerprint density at radius 1 is 1.33 bits per heavy atom. The number of nitriles is 1. The van der Waals surface area contributed by atoms with Crippen molar-refractivity contribution in [3.63, 3.8) is 0 Å². The fourth-order valence-electron chi connectivity index (χ4n) is 1.98. The lowest BCUT2D eigenvalue weighted by Gasteiger charge is -2.19. The second-order valence-corrected chi connectivity index (χ2v) is 4.60. The van der Waals surface area contributed by atoms with Gasteiger partial charge in [-0.25, -0.2) is 0 Å². The third-order valence-corrected chi connectivity index (χ3v) is 3.22. The van der Waals surface area contributed by atoms with E-state index in [1.165, 1.54) is 12.1 Å². The van der Waals surface area contributed by atoms with Gasteiger partial charge in [0.05, 0.1) is 4.92 Å². The Kier molecular flexibility index (Phi) is 4.46. The van der Waals surface area contributed by atoms with Crippen LogP contribution in [0.15, 0.2) is 42.7 Å². The molecule has 0 N–H and O–H groups in total. The van der Waals surface area contributed by atoms with Crippen molar-refractivity contribution >= 4 is 11.4 Å². The molecule has 0 aliphatic heterocycles. The van der Waals surface area contributed by atoms with Crippen LogP contribution in [0.4, 0.5) is 11.4 Å². The molecule has 1 heterocycles. The Balaban J connectivity index is 2.12. The third-order valence-electron chi connectivity index (χ3n) is 3.22. The van der Waals surface area contributed by atoms with E-state index in [2.05, 4.69) is 4.98 Å². The zero-order chi connectivity index (χ0) is 15.2. The van der Waals surface area contributed by atoms with E-state index < -0.39 is 4.92 Å². The average Bonchev–Trinajstić information content (AvgIpc) is 2.52. The number of nitro groups is 1. The molecule has 6 heteroatoms. The molecule has 0 bridgehead atoms. The Bertz CT molecular complexity index is 680. The lowest BCUT2D eigenvalue weighted by atomic mass is 10.1. The number of nitro benzene ring substituents is 1. The summed E-state index contributed by atoms with van der Waals surface area (Å²) in [6.07, 6.45) is 4.29. The van der Waals surface area contributed by atoms with Gasteiger partial charge in [-0.15, -0.1) is 0 Å². The molecule has 0 amide bonds. The van der Waals surface area contributed by atoms with Gasteiger partial charge >= 0.3 is 0 Å². The molecule has 106 valence electrons. The minimum Gasteiger partial charge on any atom is -0.374 e. The number of rotatable bonds is 5. The molecule has 0 aliphatic carbocycles. The van der Waals surface area contributed by atoms with Gasteiger partial charge in [0.1, 0.15) is 11.6 Å². The molecule has 0 saturated carbocycles. The predicted octanol–water partition coefficient (Wildman–Crippen LogP) is 2.54. The van der Waals surface area contributed by atoms with E-state index in [4.69, 9.17) is 5.26 Å². The Hall–Kier alpha value is -2.94. The minimum absolute atomic E-state index is 0.0753. The predicted molar refractivity (Wildman–Crippen MR) is 79.0 cm³/mol. The zero-order valence-electron chi connectivity index (χ0n) is 11.6. The van der Waals surface area contributed by atoms with Crippen molar-refractivity contribution in [2.24, 2.45) is 0 Å². The summed E-state index contributed by atoms with van der Waals surface area (Å²) in [6.45, 7) is 0.715. The normalized spacial score (nSPS) is 9.90. The first-order valence-corrected chi connectivity index (χ1v) is 6.40. The van der Waals surface area contributed by atoms with Crippen LogP contribution in [0, 0.1) is 21.4 Å². The van der Waals surface area contributed by atoms with Crippen molar-refractivity contribution in [1.82, 2.24) is 4.98 Å². The van der Waals surface area contributed by atoms with Gasteiger partial charge in [0.25, 0.3) is 5.69 Å². The van der Waals surface area contributed by atoms with Crippen molar-refractivity contribution in [1.29, 1.82) is 5.26 Å². The number of aromatic nitrogens is 1. The fraction of sp³-hybridized carbons (Fsp3) is 0.200. The quantitative estimate of drug-likeness (QED) is 0.621. The molecule has 0 spiro atoms. The largest absolute Gasteiger partial charge is 0.374 e. The Labute approximate surface area is 122 Å². The molecule has 21 heavy (non-hydrogen) atoms. The van der Waals surface area contributed by atoms with Crippen molar-refractivity contribution < 1.29 is 4.92 Å². The summed E-state index contributed by atoms with van der Waals surface area (Å²) in [7, 11) is 1.87. The number of benzene rings is 1. The van der Waals surface area contributed by atoms with Crippen LogP contribution in [0.1, 0.15) is 11.1 Å². The van der Waals surface area contributed by atoms with Crippen LogP contribution in [0.3, 0.4) is 0 Å². The lowest BCUT2D eigenvalue weighted by molar-refractivity contribution is -0.385. The van der Waals surface area contributed by atoms with Gasteiger partial charge in [0, 0.05) is 37.7 Å². The van der Waals surface area contributed by atoms with Gasteiger partial charge in [0.2, 0.25) is 0 Å². The summed E-state index contributed by atoms with van der Waals surface area (Å²) in [5.74, 6) is 0. The number of nitrogens with zero attached hydrogens (tertiary/aromatic N) is 4. The van der Waals surface area contributed by atoms with Crippen molar-refractivity contribution in [3.05, 3.63) is 64.0 Å². The first-order valence-electron chi connectivity index (χ1n) is 6.40. The Morgan fingerprint density at radius 2 is 2.05 bits per heavy atom. The van der Waals surface area contributed by atoms with E-state index >= 15 is 0 Å². The first kappa shape index (κ1) is 14.5. The topological polar surface area (TPSA) is 83.1 Å². The van der Waals surface area contributed by atoms with E-state index in [-0.39, 0.29) is 11.3 Å². The van der Waals surface area contributed by atoms with E-state index in [9.17, 15) is 10.1 Å². The van der Waals surface area contributed by atoms with Gasteiger partial charge in [-0.05, 0) is 36.2 Å². The van der Waals surface area contributed by atoms with E-state index in [0.717, 1.165) is 17.7 Å². The highest BCUT2D eigenvalue weighted by Crippen LogP contribution is 2.24. The molecular weight excluding hydrogens is 268 g/mol. The maximum absolute atomic E-state index is 11.0. The molecule has 2 aromatic rings. The van der Waals surface area contributed by atoms with Gasteiger partial charge < -0.3 is 4.90 Å². The third kappa shape index (κ3) is 3.54. The van der Waals surface area contributed by atoms with Crippen LogP contribution in [-0.2, 0) is 6.42 Å². The second kappa shape index (κ2) is 6.48. The molecule has 2 rings (SSSR count). The van der Waals surface area contributed by atoms with E-state index in [0.29, 0.717) is 6.54 Å². The van der Waals surface area contributed by atoms with Crippen LogP contribution < -0.4 is 4.90 Å². The molecule has 1 aromatic carbocycles. The van der Waals surface area contributed by atoms with Crippen LogP contribution in [0.25, 0.3) is 0 Å². The number of anilines is 1. The molecule has 0 fully saturated rings. The second-order valence-electron chi connectivity index (χ2n) is 4.60. The number of pyridine rings is 1. The van der Waals surface area contributed by atoms with Gasteiger partial charge in [-0.1, -0.05) is 0 Å². The number of hydrogen-bond acceptors (Lipinski definition) is 5. The molecule has 1 aromatic heterocycles. The summed E-state index contributed by atoms with van der Waals surface area (Å²) in [5, 5.41) is 19.8. The molecule has 0 saturated heterocycles. The molecule has 6 nitrogen and oxygen atoms in total. The molecule has 0 radical (unpaired) electrons. The van der Waals surface area contributed by atoms with Crippen LogP contribution >= 0.6 is 0 Å². The highest BCUT2D eigenvalue weighted by Gasteiger charge is 2.15. The fourth-order valence-corrected chi connectivity index (χ4v) is 1.98. The zero-order valence-corrected chi connectivity index (χ0v) is 11.6. The monoisotopic (exact) mass is 282 g/mol. The van der Waals surface area contributed by atoms with Crippen molar-refractivity contribution in [3.8, 4) is 6.07 Å².